The summed E-state index contributed by atoms with van der Waals surface area (Å²) in [5, 5.41) is 3.16. The van der Waals surface area contributed by atoms with Gasteiger partial charge in [0.15, 0.2) is 0 Å². The Morgan fingerprint density at radius 2 is 2.14 bits per heavy atom. The first-order valence-electron chi connectivity index (χ1n) is 6.46. The molecule has 0 aliphatic heterocycles. The van der Waals surface area contributed by atoms with Crippen LogP contribution in [0.5, 0.6) is 5.75 Å². The SMILES string of the molecule is CCOc1cc(N)cc(C(=O)Nc2cnc(Cl)c(C)c2)c1. The summed E-state index contributed by atoms with van der Waals surface area (Å²) in [6.07, 6.45) is 1.50. The van der Waals surface area contributed by atoms with Gasteiger partial charge in [-0.15, -0.1) is 0 Å². The first kappa shape index (κ1) is 15.1. The minimum Gasteiger partial charge on any atom is -0.494 e. The van der Waals surface area contributed by atoms with Crippen molar-refractivity contribution in [1.82, 2.24) is 4.98 Å². The molecule has 0 aliphatic carbocycles. The minimum absolute atomic E-state index is 0.285. The Labute approximate surface area is 128 Å². The van der Waals surface area contributed by atoms with Crippen molar-refractivity contribution >= 4 is 28.9 Å². The quantitative estimate of drug-likeness (QED) is 0.671. The van der Waals surface area contributed by atoms with Crippen LogP contribution < -0.4 is 15.8 Å². The van der Waals surface area contributed by atoms with Gasteiger partial charge in [-0.05, 0) is 37.6 Å². The molecule has 21 heavy (non-hydrogen) atoms. The smallest absolute Gasteiger partial charge is 0.255 e. The molecule has 3 N–H and O–H groups in total. The van der Waals surface area contributed by atoms with Gasteiger partial charge in [-0.3, -0.25) is 4.79 Å². The van der Waals surface area contributed by atoms with Gasteiger partial charge in [0.1, 0.15) is 10.9 Å². The van der Waals surface area contributed by atoms with E-state index in [9.17, 15) is 4.79 Å². The molecule has 0 fully saturated rings. The number of pyridine rings is 1. The Balaban J connectivity index is 2.21. The number of aryl methyl sites for hydroxylation is 1. The molecule has 1 aromatic carbocycles. The van der Waals surface area contributed by atoms with Crippen LogP contribution in [0.25, 0.3) is 0 Å². The second-order valence-corrected chi connectivity index (χ2v) is 4.87. The zero-order valence-electron chi connectivity index (χ0n) is 11.8. The van der Waals surface area contributed by atoms with E-state index in [2.05, 4.69) is 10.3 Å². The van der Waals surface area contributed by atoms with E-state index in [0.717, 1.165) is 5.56 Å². The summed E-state index contributed by atoms with van der Waals surface area (Å²) in [5.74, 6) is 0.278. The molecule has 0 atom stereocenters. The van der Waals surface area contributed by atoms with Crippen LogP contribution in [0.1, 0.15) is 22.8 Å². The number of nitrogen functional groups attached to an aromatic ring is 1. The molecule has 0 unspecified atom stereocenters. The van der Waals surface area contributed by atoms with E-state index in [1.54, 1.807) is 24.3 Å². The maximum absolute atomic E-state index is 12.2. The number of aromatic nitrogens is 1. The average molecular weight is 306 g/mol. The van der Waals surface area contributed by atoms with Gasteiger partial charge < -0.3 is 15.8 Å². The lowest BCUT2D eigenvalue weighted by Crippen LogP contribution is -2.13. The predicted octanol–water partition coefficient (Wildman–Crippen LogP) is 3.28. The van der Waals surface area contributed by atoms with Crippen molar-refractivity contribution in [1.29, 1.82) is 0 Å². The Hall–Kier alpha value is -2.27. The van der Waals surface area contributed by atoms with Gasteiger partial charge >= 0.3 is 0 Å². The minimum atomic E-state index is -0.285. The molecule has 0 saturated heterocycles. The third-order valence-electron chi connectivity index (χ3n) is 2.77. The number of anilines is 2. The van der Waals surface area contributed by atoms with E-state index in [-0.39, 0.29) is 5.91 Å². The van der Waals surface area contributed by atoms with Gasteiger partial charge in [-0.1, -0.05) is 11.6 Å². The largest absolute Gasteiger partial charge is 0.494 e. The molecule has 0 spiro atoms. The molecular formula is C15H16ClN3O2. The lowest BCUT2D eigenvalue weighted by atomic mass is 10.1. The van der Waals surface area contributed by atoms with Crippen LogP contribution in [0.3, 0.4) is 0 Å². The van der Waals surface area contributed by atoms with E-state index in [1.807, 2.05) is 13.8 Å². The van der Waals surface area contributed by atoms with Crippen LogP contribution in [-0.2, 0) is 0 Å². The average Bonchev–Trinajstić information content (AvgIpc) is 2.42. The van der Waals surface area contributed by atoms with Crippen LogP contribution in [0.15, 0.2) is 30.5 Å². The molecule has 0 radical (unpaired) electrons. The number of nitrogens with one attached hydrogen (secondary N) is 1. The van der Waals surface area contributed by atoms with Crippen molar-refractivity contribution in [2.24, 2.45) is 0 Å². The third-order valence-corrected chi connectivity index (χ3v) is 3.17. The van der Waals surface area contributed by atoms with Crippen molar-refractivity contribution in [2.75, 3.05) is 17.7 Å². The third kappa shape index (κ3) is 3.86. The highest BCUT2D eigenvalue weighted by molar-refractivity contribution is 6.30. The standard InChI is InChI=1S/C15H16ClN3O2/c1-3-21-13-6-10(5-11(17)7-13)15(20)19-12-4-9(2)14(16)18-8-12/h4-8H,3,17H2,1-2H3,(H,19,20). The molecule has 1 aromatic heterocycles. The highest BCUT2D eigenvalue weighted by atomic mass is 35.5. The highest BCUT2D eigenvalue weighted by Crippen LogP contribution is 2.21. The number of benzene rings is 1. The Morgan fingerprint density at radius 1 is 1.38 bits per heavy atom. The second kappa shape index (κ2) is 6.45. The van der Waals surface area contributed by atoms with Gasteiger partial charge in [0.25, 0.3) is 5.91 Å². The predicted molar refractivity (Wildman–Crippen MR) is 84.0 cm³/mol. The van der Waals surface area contributed by atoms with Gasteiger partial charge in [0.05, 0.1) is 18.5 Å². The fourth-order valence-electron chi connectivity index (χ4n) is 1.83. The molecular weight excluding hydrogens is 290 g/mol. The molecule has 0 bridgehead atoms. The van der Waals surface area contributed by atoms with Crippen LogP contribution in [0, 0.1) is 6.92 Å². The molecule has 5 nitrogen and oxygen atoms in total. The topological polar surface area (TPSA) is 77.2 Å². The number of nitrogens with two attached hydrogens (primary N) is 1. The number of halogens is 1. The lowest BCUT2D eigenvalue weighted by molar-refractivity contribution is 0.102. The number of nitrogens with zero attached hydrogens (tertiary/aromatic N) is 1. The Morgan fingerprint density at radius 3 is 2.81 bits per heavy atom. The van der Waals surface area contributed by atoms with E-state index in [0.29, 0.717) is 34.4 Å². The van der Waals surface area contributed by atoms with Crippen LogP contribution >= 0.6 is 11.6 Å². The summed E-state index contributed by atoms with van der Waals surface area (Å²) in [6.45, 7) is 4.19. The number of hydrogen-bond donors (Lipinski definition) is 2. The maximum Gasteiger partial charge on any atom is 0.255 e. The highest BCUT2D eigenvalue weighted by Gasteiger charge is 2.10. The summed E-state index contributed by atoms with van der Waals surface area (Å²) in [4.78, 5) is 16.2. The monoisotopic (exact) mass is 305 g/mol. The van der Waals surface area contributed by atoms with Gasteiger partial charge in [0, 0.05) is 17.3 Å². The lowest BCUT2D eigenvalue weighted by Gasteiger charge is -2.09. The first-order valence-corrected chi connectivity index (χ1v) is 6.84. The van der Waals surface area contributed by atoms with Crippen molar-refractivity contribution < 1.29 is 9.53 Å². The fraction of sp³-hybridized carbons (Fsp3) is 0.200. The molecule has 1 amide bonds. The number of rotatable bonds is 4. The van der Waals surface area contributed by atoms with E-state index in [1.165, 1.54) is 6.20 Å². The Bertz CT molecular complexity index is 674. The molecule has 2 aromatic rings. The number of ether oxygens (including phenoxy) is 1. The normalized spacial score (nSPS) is 10.2. The molecule has 110 valence electrons. The number of amides is 1. The van der Waals surface area contributed by atoms with E-state index < -0.39 is 0 Å². The Kier molecular flexibility index (Phi) is 4.65. The van der Waals surface area contributed by atoms with Crippen molar-refractivity contribution in [3.63, 3.8) is 0 Å². The maximum atomic E-state index is 12.2. The van der Waals surface area contributed by atoms with Crippen molar-refractivity contribution in [3.8, 4) is 5.75 Å². The first-order chi connectivity index (χ1) is 9.99. The van der Waals surface area contributed by atoms with Crippen molar-refractivity contribution in [3.05, 3.63) is 46.7 Å². The molecule has 0 saturated carbocycles. The van der Waals surface area contributed by atoms with Crippen molar-refractivity contribution in [2.45, 2.75) is 13.8 Å². The van der Waals surface area contributed by atoms with Crippen LogP contribution in [0.4, 0.5) is 11.4 Å². The van der Waals surface area contributed by atoms with Gasteiger partial charge in [0.2, 0.25) is 0 Å². The molecule has 0 aliphatic rings. The van der Waals surface area contributed by atoms with Gasteiger partial charge in [-0.25, -0.2) is 4.98 Å². The zero-order chi connectivity index (χ0) is 15.4. The molecule has 2 rings (SSSR count). The summed E-state index contributed by atoms with van der Waals surface area (Å²) < 4.78 is 5.37. The second-order valence-electron chi connectivity index (χ2n) is 4.51. The van der Waals surface area contributed by atoms with E-state index >= 15 is 0 Å². The zero-order valence-corrected chi connectivity index (χ0v) is 12.6. The van der Waals surface area contributed by atoms with Crippen LogP contribution in [0.2, 0.25) is 5.15 Å². The number of carbonyl (C=O) groups is 1. The van der Waals surface area contributed by atoms with E-state index in [4.69, 9.17) is 22.1 Å². The van der Waals surface area contributed by atoms with Crippen LogP contribution in [-0.4, -0.2) is 17.5 Å². The summed E-state index contributed by atoms with van der Waals surface area (Å²) >= 11 is 5.85. The number of carbonyl (C=O) groups excluding carboxylic acids is 1. The summed E-state index contributed by atoms with van der Waals surface area (Å²) in [5.41, 5.74) is 8.03. The fourth-order valence-corrected chi connectivity index (χ4v) is 1.94. The summed E-state index contributed by atoms with van der Waals surface area (Å²) in [6, 6.07) is 6.66. The number of hydrogen-bond acceptors (Lipinski definition) is 4. The van der Waals surface area contributed by atoms with Gasteiger partial charge in [-0.2, -0.15) is 0 Å². The summed E-state index contributed by atoms with van der Waals surface area (Å²) in [7, 11) is 0. The molecule has 1 heterocycles. The molecule has 6 heteroatoms.